The van der Waals surface area contributed by atoms with Crippen molar-refractivity contribution in [2.45, 2.75) is 51.7 Å². The third-order valence-electron chi connectivity index (χ3n) is 7.80. The maximum atomic E-state index is 13.3. The van der Waals surface area contributed by atoms with Gasteiger partial charge in [-0.2, -0.15) is 5.26 Å². The summed E-state index contributed by atoms with van der Waals surface area (Å²) in [5, 5.41) is 9.33. The number of ether oxygens (including phenoxy) is 1. The first-order chi connectivity index (χ1) is 18.3. The number of halogens is 1. The van der Waals surface area contributed by atoms with Crippen LogP contribution in [0.4, 0.5) is 14.9 Å². The van der Waals surface area contributed by atoms with E-state index in [1.807, 2.05) is 31.5 Å². The molecule has 4 heterocycles. The number of aromatic nitrogens is 4. The van der Waals surface area contributed by atoms with Gasteiger partial charge in [0.15, 0.2) is 0 Å². The van der Waals surface area contributed by atoms with Crippen LogP contribution in [0.5, 0.6) is 0 Å². The second-order valence-electron chi connectivity index (χ2n) is 10.9. The van der Waals surface area contributed by atoms with Crippen LogP contribution in [-0.4, -0.2) is 37.8 Å². The number of pyridine rings is 2. The van der Waals surface area contributed by atoms with E-state index in [1.54, 1.807) is 23.2 Å². The molecule has 2 fully saturated rings. The maximum Gasteiger partial charge on any atom is 0.415 e. The molecule has 9 heteroatoms. The second kappa shape index (κ2) is 8.91. The summed E-state index contributed by atoms with van der Waals surface area (Å²) in [6.07, 6.45) is 7.78. The molecule has 192 valence electrons. The van der Waals surface area contributed by atoms with Gasteiger partial charge in [-0.3, -0.25) is 14.9 Å². The van der Waals surface area contributed by atoms with Crippen LogP contribution in [0.15, 0.2) is 55.1 Å². The predicted octanol–water partition coefficient (Wildman–Crippen LogP) is 5.79. The molecule has 8 nitrogen and oxygen atoms in total. The fourth-order valence-electron chi connectivity index (χ4n) is 6.12. The molecule has 6 rings (SSSR count). The molecule has 3 aromatic heterocycles. The SMILES string of the molecule is Cc1cc(-c2ccc(F)cn2)ncc1N1C[C@@]2(CCC[C@](C)(Cn3cnc4ccc(C#N)cc43)C2)OC1=O. The van der Waals surface area contributed by atoms with Crippen LogP contribution in [0.3, 0.4) is 0 Å². The molecule has 1 aliphatic carbocycles. The fraction of sp³-hybridized carbons (Fsp3) is 0.345. The monoisotopic (exact) mass is 510 g/mol. The molecule has 0 unspecified atom stereocenters. The summed E-state index contributed by atoms with van der Waals surface area (Å²) in [6.45, 7) is 5.34. The highest BCUT2D eigenvalue weighted by atomic mass is 19.1. The summed E-state index contributed by atoms with van der Waals surface area (Å²) in [7, 11) is 0. The summed E-state index contributed by atoms with van der Waals surface area (Å²) in [4.78, 5) is 28.0. The number of anilines is 1. The highest BCUT2D eigenvalue weighted by Crippen LogP contribution is 2.48. The lowest BCUT2D eigenvalue weighted by molar-refractivity contribution is -0.0264. The van der Waals surface area contributed by atoms with Crippen LogP contribution >= 0.6 is 0 Å². The topological polar surface area (TPSA) is 96.9 Å². The largest absolute Gasteiger partial charge is 0.441 e. The van der Waals surface area contributed by atoms with E-state index in [1.165, 1.54) is 6.07 Å². The van der Waals surface area contributed by atoms with Gasteiger partial charge in [0, 0.05) is 6.54 Å². The number of fused-ring (bicyclic) bond motifs is 1. The number of hydrogen-bond acceptors (Lipinski definition) is 6. The maximum absolute atomic E-state index is 13.3. The van der Waals surface area contributed by atoms with Crippen molar-refractivity contribution >= 4 is 22.8 Å². The average Bonchev–Trinajstić information content (AvgIpc) is 3.43. The number of rotatable bonds is 4. The molecule has 1 amide bonds. The van der Waals surface area contributed by atoms with Gasteiger partial charge in [0.2, 0.25) is 0 Å². The highest BCUT2D eigenvalue weighted by molar-refractivity contribution is 5.91. The van der Waals surface area contributed by atoms with Gasteiger partial charge in [-0.1, -0.05) is 6.92 Å². The molecular weight excluding hydrogens is 483 g/mol. The third kappa shape index (κ3) is 4.26. The number of imidazole rings is 1. The fourth-order valence-corrected chi connectivity index (χ4v) is 6.12. The molecule has 4 aromatic rings. The van der Waals surface area contributed by atoms with Crippen molar-refractivity contribution < 1.29 is 13.9 Å². The molecule has 1 saturated heterocycles. The normalized spacial score (nSPS) is 23.1. The van der Waals surface area contributed by atoms with Gasteiger partial charge in [-0.25, -0.2) is 14.2 Å². The smallest absolute Gasteiger partial charge is 0.415 e. The zero-order valence-electron chi connectivity index (χ0n) is 21.3. The number of nitrogens with zero attached hydrogens (tertiary/aromatic N) is 6. The Balaban J connectivity index is 1.23. The minimum atomic E-state index is -0.581. The van der Waals surface area contributed by atoms with E-state index in [-0.39, 0.29) is 11.5 Å². The molecular formula is C29H27FN6O2. The number of amides is 1. The molecule has 1 saturated carbocycles. The lowest BCUT2D eigenvalue weighted by Gasteiger charge is -2.43. The minimum absolute atomic E-state index is 0.115. The summed E-state index contributed by atoms with van der Waals surface area (Å²) < 4.78 is 21.5. The first-order valence-electron chi connectivity index (χ1n) is 12.7. The molecule has 1 aliphatic heterocycles. The van der Waals surface area contributed by atoms with Crippen LogP contribution < -0.4 is 4.90 Å². The third-order valence-corrected chi connectivity index (χ3v) is 7.80. The molecule has 0 bridgehead atoms. The Morgan fingerprint density at radius 3 is 2.71 bits per heavy atom. The molecule has 1 aromatic carbocycles. The first-order valence-corrected chi connectivity index (χ1v) is 12.7. The Kier molecular flexibility index (Phi) is 5.64. The Labute approximate surface area is 219 Å². The van der Waals surface area contributed by atoms with Crippen LogP contribution in [-0.2, 0) is 11.3 Å². The average molecular weight is 511 g/mol. The number of nitriles is 1. The van der Waals surface area contributed by atoms with E-state index < -0.39 is 11.4 Å². The van der Waals surface area contributed by atoms with Gasteiger partial charge in [-0.15, -0.1) is 0 Å². The lowest BCUT2D eigenvalue weighted by atomic mass is 9.68. The van der Waals surface area contributed by atoms with E-state index in [2.05, 4.69) is 32.5 Å². The minimum Gasteiger partial charge on any atom is -0.441 e. The summed E-state index contributed by atoms with van der Waals surface area (Å²) >= 11 is 0. The molecule has 38 heavy (non-hydrogen) atoms. The Morgan fingerprint density at radius 2 is 1.95 bits per heavy atom. The highest BCUT2D eigenvalue weighted by Gasteiger charge is 2.52. The van der Waals surface area contributed by atoms with Crippen molar-refractivity contribution in [1.82, 2.24) is 19.5 Å². The van der Waals surface area contributed by atoms with E-state index in [0.29, 0.717) is 29.2 Å². The number of aryl methyl sites for hydroxylation is 1. The van der Waals surface area contributed by atoms with E-state index in [9.17, 15) is 14.4 Å². The van der Waals surface area contributed by atoms with Gasteiger partial charge in [-0.05, 0) is 80.0 Å². The quantitative estimate of drug-likeness (QED) is 0.345. The Hall–Kier alpha value is -4.32. The van der Waals surface area contributed by atoms with Crippen molar-refractivity contribution in [2.75, 3.05) is 11.4 Å². The van der Waals surface area contributed by atoms with Gasteiger partial charge >= 0.3 is 6.09 Å². The number of carbonyl (C=O) groups is 1. The van der Waals surface area contributed by atoms with Crippen LogP contribution in [0.2, 0.25) is 0 Å². The van der Waals surface area contributed by atoms with Gasteiger partial charge in [0.1, 0.15) is 11.4 Å². The summed E-state index contributed by atoms with van der Waals surface area (Å²) in [5.41, 5.74) is 4.46. The van der Waals surface area contributed by atoms with E-state index >= 15 is 0 Å². The van der Waals surface area contributed by atoms with Crippen molar-refractivity contribution in [3.8, 4) is 17.5 Å². The van der Waals surface area contributed by atoms with Gasteiger partial charge < -0.3 is 9.30 Å². The van der Waals surface area contributed by atoms with Crippen LogP contribution in [0.1, 0.15) is 43.7 Å². The van der Waals surface area contributed by atoms with Crippen molar-refractivity contribution in [3.05, 3.63) is 72.1 Å². The second-order valence-corrected chi connectivity index (χ2v) is 10.9. The molecule has 0 radical (unpaired) electrons. The van der Waals surface area contributed by atoms with Crippen LogP contribution in [0.25, 0.3) is 22.4 Å². The van der Waals surface area contributed by atoms with E-state index in [4.69, 9.17) is 4.74 Å². The zero-order chi connectivity index (χ0) is 26.5. The molecule has 2 aliphatic rings. The van der Waals surface area contributed by atoms with Gasteiger partial charge in [0.25, 0.3) is 0 Å². The standard InChI is InChI=1S/C29H27FN6O2/c1-19-10-24(22-7-5-21(30)13-32-22)33-14-26(19)36-17-29(38-27(36)37)9-3-8-28(2,15-29)16-35-18-34-23-6-4-20(12-31)11-25(23)35/h4-7,10-11,13-14,18H,3,8-9,15-17H2,1-2H3/t28-,29-/m0/s1. The Morgan fingerprint density at radius 1 is 1.11 bits per heavy atom. The first kappa shape index (κ1) is 24.0. The van der Waals surface area contributed by atoms with Crippen molar-refractivity contribution in [2.24, 2.45) is 5.41 Å². The van der Waals surface area contributed by atoms with Crippen molar-refractivity contribution in [3.63, 3.8) is 0 Å². The number of carbonyl (C=O) groups excluding carboxylic acids is 1. The van der Waals surface area contributed by atoms with E-state index in [0.717, 1.165) is 55.0 Å². The molecule has 2 atom stereocenters. The van der Waals surface area contributed by atoms with Crippen molar-refractivity contribution in [1.29, 1.82) is 5.26 Å². The molecule has 1 spiro atoms. The zero-order valence-corrected chi connectivity index (χ0v) is 21.3. The summed E-state index contributed by atoms with van der Waals surface area (Å²) in [6, 6.07) is 12.5. The Bertz CT molecular complexity index is 1590. The van der Waals surface area contributed by atoms with Gasteiger partial charge in [0.05, 0.1) is 65.0 Å². The number of hydrogen-bond donors (Lipinski definition) is 0. The lowest BCUT2D eigenvalue weighted by Crippen LogP contribution is -2.45. The number of benzene rings is 1. The van der Waals surface area contributed by atoms with Crippen LogP contribution in [0, 0.1) is 29.5 Å². The molecule has 0 N–H and O–H groups in total. The predicted molar refractivity (Wildman–Crippen MR) is 140 cm³/mol. The summed E-state index contributed by atoms with van der Waals surface area (Å²) in [5.74, 6) is -0.403.